The van der Waals surface area contributed by atoms with Crippen LogP contribution >= 0.6 is 0 Å². The molecule has 5 heteroatoms. The monoisotopic (exact) mass is 248 g/mol. The highest BCUT2D eigenvalue weighted by molar-refractivity contribution is 5.96. The van der Waals surface area contributed by atoms with Gasteiger partial charge in [-0.05, 0) is 30.2 Å². The largest absolute Gasteiger partial charge is 0.480 e. The number of nitrogens with zero attached hydrogens (tertiary/aromatic N) is 1. The van der Waals surface area contributed by atoms with E-state index in [1.807, 2.05) is 12.1 Å². The Hall–Kier alpha value is -1.88. The number of carbonyl (C=O) groups excluding carboxylic acids is 1. The van der Waals surface area contributed by atoms with Gasteiger partial charge in [-0.15, -0.1) is 0 Å². The summed E-state index contributed by atoms with van der Waals surface area (Å²) in [4.78, 5) is 24.2. The molecule has 0 saturated heterocycles. The Morgan fingerprint density at radius 2 is 2.00 bits per heavy atom. The number of benzene rings is 1. The van der Waals surface area contributed by atoms with Crippen LogP contribution in [0.1, 0.15) is 28.4 Å². The van der Waals surface area contributed by atoms with Crippen molar-refractivity contribution in [3.63, 3.8) is 0 Å². The van der Waals surface area contributed by atoms with Crippen molar-refractivity contribution in [2.75, 3.05) is 7.05 Å². The number of rotatable bonds is 3. The highest BCUT2D eigenvalue weighted by Gasteiger charge is 2.23. The van der Waals surface area contributed by atoms with Gasteiger partial charge in [0.1, 0.15) is 6.04 Å². The van der Waals surface area contributed by atoms with Crippen LogP contribution in [0.4, 0.5) is 0 Å². The summed E-state index contributed by atoms with van der Waals surface area (Å²) in [5.74, 6) is -1.27. The third-order valence-electron chi connectivity index (χ3n) is 3.34. The van der Waals surface area contributed by atoms with Crippen LogP contribution in [0.2, 0.25) is 0 Å². The van der Waals surface area contributed by atoms with Crippen molar-refractivity contribution in [3.8, 4) is 0 Å². The van der Waals surface area contributed by atoms with E-state index in [-0.39, 0.29) is 5.91 Å². The number of amides is 1. The van der Waals surface area contributed by atoms with Gasteiger partial charge in [-0.2, -0.15) is 0 Å². The number of carbonyl (C=O) groups is 2. The Labute approximate surface area is 105 Å². The molecule has 0 saturated carbocycles. The van der Waals surface area contributed by atoms with Crippen LogP contribution in [0.3, 0.4) is 0 Å². The number of carboxylic acids is 1. The van der Waals surface area contributed by atoms with Crippen molar-refractivity contribution in [2.45, 2.75) is 26.1 Å². The summed E-state index contributed by atoms with van der Waals surface area (Å²) in [7, 11) is 1.51. The maximum absolute atomic E-state index is 12.1. The molecule has 2 N–H and O–H groups in total. The molecule has 96 valence electrons. The fourth-order valence-electron chi connectivity index (χ4n) is 1.97. The Kier molecular flexibility index (Phi) is 3.34. The van der Waals surface area contributed by atoms with Gasteiger partial charge >= 0.3 is 5.97 Å². The number of likely N-dealkylation sites (N-methyl/N-ethyl adjacent to an activating group) is 1. The van der Waals surface area contributed by atoms with Crippen LogP contribution < -0.4 is 5.32 Å². The average Bonchev–Trinajstić information content (AvgIpc) is 2.82. The van der Waals surface area contributed by atoms with Crippen molar-refractivity contribution in [1.29, 1.82) is 0 Å². The Morgan fingerprint density at radius 3 is 2.67 bits per heavy atom. The Balaban J connectivity index is 2.21. The molecule has 18 heavy (non-hydrogen) atoms. The molecule has 1 aromatic carbocycles. The van der Waals surface area contributed by atoms with Crippen LogP contribution in [0, 0.1) is 0 Å². The molecule has 0 fully saturated rings. The maximum atomic E-state index is 12.1. The number of hydrogen-bond acceptors (Lipinski definition) is 3. The first-order chi connectivity index (χ1) is 8.50. The molecule has 1 aliphatic rings. The van der Waals surface area contributed by atoms with Gasteiger partial charge < -0.3 is 15.3 Å². The molecule has 1 unspecified atom stereocenters. The number of nitrogens with one attached hydrogen (secondary N) is 1. The van der Waals surface area contributed by atoms with Crippen molar-refractivity contribution in [1.82, 2.24) is 10.2 Å². The van der Waals surface area contributed by atoms with E-state index < -0.39 is 12.0 Å². The molecule has 0 bridgehead atoms. The van der Waals surface area contributed by atoms with Crippen LogP contribution in [-0.2, 0) is 17.9 Å². The smallest absolute Gasteiger partial charge is 0.326 e. The number of hydrogen-bond donors (Lipinski definition) is 2. The standard InChI is InChI=1S/C13H16N2O3/c1-8(13(17)18)15(2)12(16)9-3-4-10-6-14-7-11(10)5-9/h3-5,8,14H,6-7H2,1-2H3,(H,17,18). The second-order valence-corrected chi connectivity index (χ2v) is 4.52. The SMILES string of the molecule is CC(C(=O)O)N(C)C(=O)c1ccc2c(c1)CNC2. The first kappa shape index (κ1) is 12.6. The fraction of sp³-hybridized carbons (Fsp3) is 0.385. The molecule has 0 spiro atoms. The third kappa shape index (κ3) is 2.22. The molecule has 2 rings (SSSR count). The molecule has 1 atom stereocenters. The van der Waals surface area contributed by atoms with Crippen LogP contribution in [-0.4, -0.2) is 35.0 Å². The molecular formula is C13H16N2O3. The van der Waals surface area contributed by atoms with E-state index in [9.17, 15) is 9.59 Å². The van der Waals surface area contributed by atoms with Crippen molar-refractivity contribution < 1.29 is 14.7 Å². The van der Waals surface area contributed by atoms with Gasteiger partial charge in [0.25, 0.3) is 5.91 Å². The van der Waals surface area contributed by atoms with Crippen molar-refractivity contribution in [2.24, 2.45) is 0 Å². The van der Waals surface area contributed by atoms with Crippen LogP contribution in [0.15, 0.2) is 18.2 Å². The summed E-state index contributed by atoms with van der Waals surface area (Å²) in [5, 5.41) is 12.1. The minimum atomic E-state index is -1.01. The second-order valence-electron chi connectivity index (χ2n) is 4.52. The van der Waals surface area contributed by atoms with Gasteiger partial charge in [0.2, 0.25) is 0 Å². The molecule has 1 heterocycles. The third-order valence-corrected chi connectivity index (χ3v) is 3.34. The maximum Gasteiger partial charge on any atom is 0.326 e. The highest BCUT2D eigenvalue weighted by atomic mass is 16.4. The van der Waals surface area contributed by atoms with E-state index in [4.69, 9.17) is 5.11 Å². The lowest BCUT2D eigenvalue weighted by Gasteiger charge is -2.21. The van der Waals surface area contributed by atoms with E-state index in [1.54, 1.807) is 6.07 Å². The highest BCUT2D eigenvalue weighted by Crippen LogP contribution is 2.18. The molecule has 1 aromatic rings. The number of fused-ring (bicyclic) bond motifs is 1. The quantitative estimate of drug-likeness (QED) is 0.831. The number of aliphatic carboxylic acids is 1. The summed E-state index contributed by atoms with van der Waals surface area (Å²) in [6.45, 7) is 3.08. The summed E-state index contributed by atoms with van der Waals surface area (Å²) in [6, 6.07) is 4.67. The molecular weight excluding hydrogens is 232 g/mol. The zero-order valence-electron chi connectivity index (χ0n) is 10.4. The first-order valence-corrected chi connectivity index (χ1v) is 5.83. The lowest BCUT2D eigenvalue weighted by atomic mass is 10.1. The van der Waals surface area contributed by atoms with Crippen molar-refractivity contribution >= 4 is 11.9 Å². The van der Waals surface area contributed by atoms with Crippen LogP contribution in [0.5, 0.6) is 0 Å². The molecule has 1 aliphatic heterocycles. The van der Waals surface area contributed by atoms with E-state index in [2.05, 4.69) is 5.32 Å². The normalized spacial score (nSPS) is 15.0. The van der Waals surface area contributed by atoms with Crippen molar-refractivity contribution in [3.05, 3.63) is 34.9 Å². The lowest BCUT2D eigenvalue weighted by Crippen LogP contribution is -2.40. The topological polar surface area (TPSA) is 69.6 Å². The molecule has 5 nitrogen and oxygen atoms in total. The second kappa shape index (κ2) is 4.78. The Morgan fingerprint density at radius 1 is 1.33 bits per heavy atom. The molecule has 0 aromatic heterocycles. The Bertz CT molecular complexity index is 499. The van der Waals surface area contributed by atoms with E-state index in [1.165, 1.54) is 24.4 Å². The van der Waals surface area contributed by atoms with E-state index in [0.29, 0.717) is 5.56 Å². The fourth-order valence-corrected chi connectivity index (χ4v) is 1.97. The zero-order chi connectivity index (χ0) is 13.3. The first-order valence-electron chi connectivity index (χ1n) is 5.83. The number of carboxylic acid groups (broad SMARTS) is 1. The minimum absolute atomic E-state index is 0.264. The van der Waals surface area contributed by atoms with Gasteiger partial charge in [0.15, 0.2) is 0 Å². The van der Waals surface area contributed by atoms with Gasteiger partial charge in [-0.25, -0.2) is 4.79 Å². The minimum Gasteiger partial charge on any atom is -0.480 e. The van der Waals surface area contributed by atoms with Gasteiger partial charge in [-0.3, -0.25) is 4.79 Å². The summed E-state index contributed by atoms with van der Waals surface area (Å²) >= 11 is 0. The van der Waals surface area contributed by atoms with E-state index in [0.717, 1.165) is 18.7 Å². The van der Waals surface area contributed by atoms with Gasteiger partial charge in [0, 0.05) is 25.7 Å². The van der Waals surface area contributed by atoms with E-state index >= 15 is 0 Å². The van der Waals surface area contributed by atoms with Gasteiger partial charge in [-0.1, -0.05) is 6.07 Å². The molecule has 1 amide bonds. The predicted octanol–water partition coefficient (Wildman–Crippen LogP) is 0.835. The molecule has 0 radical (unpaired) electrons. The zero-order valence-corrected chi connectivity index (χ0v) is 10.4. The predicted molar refractivity (Wildman–Crippen MR) is 66.2 cm³/mol. The summed E-state index contributed by atoms with van der Waals surface area (Å²) < 4.78 is 0. The lowest BCUT2D eigenvalue weighted by molar-refractivity contribution is -0.141. The average molecular weight is 248 g/mol. The van der Waals surface area contributed by atoms with Crippen LogP contribution in [0.25, 0.3) is 0 Å². The summed E-state index contributed by atoms with van der Waals surface area (Å²) in [6.07, 6.45) is 0. The molecule has 0 aliphatic carbocycles. The van der Waals surface area contributed by atoms with Gasteiger partial charge in [0.05, 0.1) is 0 Å². The summed E-state index contributed by atoms with van der Waals surface area (Å²) in [5.41, 5.74) is 2.84.